The first-order chi connectivity index (χ1) is 9.56. The number of ether oxygens (including phenoxy) is 1. The van der Waals surface area contributed by atoms with Gasteiger partial charge < -0.3 is 9.15 Å². The van der Waals surface area contributed by atoms with Crippen molar-refractivity contribution in [2.45, 2.75) is 27.7 Å². The molecule has 2 aliphatic rings. The lowest BCUT2D eigenvalue weighted by Gasteiger charge is -2.20. The highest BCUT2D eigenvalue weighted by Gasteiger charge is 2.24. The number of aryl methyl sites for hydroxylation is 3. The number of fused-ring (bicyclic) bond motifs is 2. The van der Waals surface area contributed by atoms with Gasteiger partial charge in [0.15, 0.2) is 0 Å². The fraction of sp³-hybridized carbons (Fsp3) is 0.222. The van der Waals surface area contributed by atoms with E-state index in [2.05, 4.69) is 45.1 Å². The van der Waals surface area contributed by atoms with Crippen LogP contribution in [-0.4, -0.2) is 0 Å². The molecule has 100 valence electrons. The van der Waals surface area contributed by atoms with Crippen molar-refractivity contribution < 1.29 is 9.15 Å². The van der Waals surface area contributed by atoms with E-state index < -0.39 is 0 Å². The van der Waals surface area contributed by atoms with E-state index in [0.29, 0.717) is 0 Å². The predicted molar refractivity (Wildman–Crippen MR) is 80.9 cm³/mol. The summed E-state index contributed by atoms with van der Waals surface area (Å²) in [5.41, 5.74) is 6.84. The van der Waals surface area contributed by atoms with Gasteiger partial charge in [0.2, 0.25) is 0 Å². The van der Waals surface area contributed by atoms with Crippen LogP contribution in [0.5, 0.6) is 5.75 Å². The maximum atomic E-state index is 6.10. The molecule has 1 aliphatic carbocycles. The molecule has 1 aromatic carbocycles. The smallest absolute Gasteiger partial charge is 0.141 e. The highest BCUT2D eigenvalue weighted by atomic mass is 16.5. The lowest BCUT2D eigenvalue weighted by atomic mass is 9.96. The second-order valence-corrected chi connectivity index (χ2v) is 5.62. The quantitative estimate of drug-likeness (QED) is 0.669. The minimum Gasteiger partial charge on any atom is -0.461 e. The van der Waals surface area contributed by atoms with Crippen LogP contribution in [0.15, 0.2) is 40.0 Å². The van der Waals surface area contributed by atoms with Gasteiger partial charge in [-0.15, -0.1) is 0 Å². The molecule has 0 unspecified atom stereocenters. The van der Waals surface area contributed by atoms with Crippen molar-refractivity contribution in [1.29, 1.82) is 0 Å². The third-order valence-electron chi connectivity index (χ3n) is 4.25. The zero-order valence-corrected chi connectivity index (χ0v) is 12.1. The van der Waals surface area contributed by atoms with Crippen LogP contribution < -0.4 is 4.74 Å². The van der Waals surface area contributed by atoms with E-state index in [9.17, 15) is 0 Å². The fourth-order valence-electron chi connectivity index (χ4n) is 2.80. The zero-order valence-electron chi connectivity index (χ0n) is 12.1. The maximum absolute atomic E-state index is 6.10. The molecule has 2 nitrogen and oxygen atoms in total. The molecule has 0 bridgehead atoms. The molecule has 0 saturated carbocycles. The number of allylic oxidation sites excluding steroid dienone is 5. The third kappa shape index (κ3) is 1.45. The number of benzene rings is 1. The summed E-state index contributed by atoms with van der Waals surface area (Å²) in [7, 11) is 0. The van der Waals surface area contributed by atoms with Crippen LogP contribution in [0.3, 0.4) is 0 Å². The van der Waals surface area contributed by atoms with Gasteiger partial charge in [-0.25, -0.2) is 0 Å². The molecule has 0 spiro atoms. The standard InChI is InChI=1S/C18H16O2/c1-9-7-16(13-5-6-13)20-17-11(3)18-15(8-14(9)17)10(2)12(4)19-18/h5-8H,1-4H3. The molecule has 0 radical (unpaired) electrons. The van der Waals surface area contributed by atoms with Gasteiger partial charge in [-0.1, -0.05) is 12.2 Å². The van der Waals surface area contributed by atoms with E-state index in [0.717, 1.165) is 28.4 Å². The van der Waals surface area contributed by atoms with Crippen LogP contribution in [0.1, 0.15) is 29.4 Å². The van der Waals surface area contributed by atoms with E-state index in [1.165, 1.54) is 27.7 Å². The molecule has 20 heavy (non-hydrogen) atoms. The number of furan rings is 1. The summed E-state index contributed by atoms with van der Waals surface area (Å²) < 4.78 is 12.0. The Morgan fingerprint density at radius 3 is 2.40 bits per heavy atom. The predicted octanol–water partition coefficient (Wildman–Crippen LogP) is 4.98. The molecule has 0 N–H and O–H groups in total. The minimum atomic E-state index is 0.933. The van der Waals surface area contributed by atoms with E-state index in [1.807, 2.05) is 6.92 Å². The summed E-state index contributed by atoms with van der Waals surface area (Å²) in [5, 5.41) is 1.19. The Morgan fingerprint density at radius 2 is 1.70 bits per heavy atom. The molecular formula is C18H16O2. The summed E-state index contributed by atoms with van der Waals surface area (Å²) in [6.45, 7) is 8.33. The Hall–Kier alpha value is -2.22. The molecule has 1 aromatic heterocycles. The van der Waals surface area contributed by atoms with Gasteiger partial charge in [-0.05, 0) is 51.0 Å². The molecule has 1 aliphatic heterocycles. The molecule has 4 rings (SSSR count). The van der Waals surface area contributed by atoms with Crippen molar-refractivity contribution in [2.24, 2.45) is 0 Å². The number of rotatable bonds is 0. The highest BCUT2D eigenvalue weighted by molar-refractivity contribution is 5.92. The maximum Gasteiger partial charge on any atom is 0.141 e. The van der Waals surface area contributed by atoms with Crippen molar-refractivity contribution in [1.82, 2.24) is 0 Å². The van der Waals surface area contributed by atoms with Gasteiger partial charge in [0.1, 0.15) is 22.9 Å². The Morgan fingerprint density at radius 1 is 0.950 bits per heavy atom. The van der Waals surface area contributed by atoms with Crippen molar-refractivity contribution in [2.75, 3.05) is 0 Å². The first-order valence-electron chi connectivity index (χ1n) is 6.88. The van der Waals surface area contributed by atoms with Crippen molar-refractivity contribution in [3.8, 4) is 5.75 Å². The summed E-state index contributed by atoms with van der Waals surface area (Å²) in [4.78, 5) is 0. The topological polar surface area (TPSA) is 22.4 Å². The van der Waals surface area contributed by atoms with Crippen LogP contribution in [-0.2, 0) is 0 Å². The third-order valence-corrected chi connectivity index (χ3v) is 4.25. The molecule has 2 heteroatoms. The van der Waals surface area contributed by atoms with E-state index in [-0.39, 0.29) is 0 Å². The second kappa shape index (κ2) is 3.66. The summed E-state index contributed by atoms with van der Waals surface area (Å²) in [5.74, 6) is 2.86. The Balaban J connectivity index is 2.04. The van der Waals surface area contributed by atoms with E-state index >= 15 is 0 Å². The van der Waals surface area contributed by atoms with Crippen LogP contribution in [0.2, 0.25) is 0 Å². The first kappa shape index (κ1) is 11.6. The number of hydrogen-bond acceptors (Lipinski definition) is 2. The molecule has 0 fully saturated rings. The Labute approximate surface area is 118 Å². The molecule has 0 saturated heterocycles. The van der Waals surface area contributed by atoms with E-state index in [1.54, 1.807) is 0 Å². The molecule has 0 atom stereocenters. The zero-order chi connectivity index (χ0) is 14.0. The molecular weight excluding hydrogens is 248 g/mol. The van der Waals surface area contributed by atoms with Crippen LogP contribution in [0.25, 0.3) is 16.5 Å². The van der Waals surface area contributed by atoms with Gasteiger partial charge in [0, 0.05) is 22.1 Å². The first-order valence-corrected chi connectivity index (χ1v) is 6.88. The number of hydrogen-bond donors (Lipinski definition) is 0. The normalized spacial score (nSPS) is 16.3. The van der Waals surface area contributed by atoms with E-state index in [4.69, 9.17) is 9.15 Å². The van der Waals surface area contributed by atoms with Crippen LogP contribution >= 0.6 is 0 Å². The average Bonchev–Trinajstić information content (AvgIpc) is 3.21. The molecule has 2 heterocycles. The summed E-state index contributed by atoms with van der Waals surface area (Å²) >= 11 is 0. The SMILES string of the molecule is CC1=CC(=C2C=C2)Oc2c1cc1c(C)c(C)oc1c2C. The van der Waals surface area contributed by atoms with Gasteiger partial charge >= 0.3 is 0 Å². The Bertz CT molecular complexity index is 849. The average molecular weight is 264 g/mol. The molecule has 0 amide bonds. The van der Waals surface area contributed by atoms with Crippen molar-refractivity contribution in [3.05, 3.63) is 58.1 Å². The second-order valence-electron chi connectivity index (χ2n) is 5.62. The monoisotopic (exact) mass is 264 g/mol. The van der Waals surface area contributed by atoms with Gasteiger partial charge in [-0.2, -0.15) is 0 Å². The summed E-state index contributed by atoms with van der Waals surface area (Å²) in [6, 6.07) is 2.19. The van der Waals surface area contributed by atoms with Crippen LogP contribution in [0.4, 0.5) is 0 Å². The summed E-state index contributed by atoms with van der Waals surface area (Å²) in [6.07, 6.45) is 6.25. The minimum absolute atomic E-state index is 0.933. The van der Waals surface area contributed by atoms with Gasteiger partial charge in [0.25, 0.3) is 0 Å². The van der Waals surface area contributed by atoms with Gasteiger partial charge in [0.05, 0.1) is 0 Å². The lowest BCUT2D eigenvalue weighted by Crippen LogP contribution is -2.04. The van der Waals surface area contributed by atoms with Crippen molar-refractivity contribution >= 4 is 16.5 Å². The Kier molecular flexibility index (Phi) is 2.12. The van der Waals surface area contributed by atoms with Gasteiger partial charge in [-0.3, -0.25) is 0 Å². The largest absolute Gasteiger partial charge is 0.461 e. The fourth-order valence-corrected chi connectivity index (χ4v) is 2.80. The molecule has 2 aromatic rings. The highest BCUT2D eigenvalue weighted by Crippen LogP contribution is 2.43. The lowest BCUT2D eigenvalue weighted by molar-refractivity contribution is 0.433. The van der Waals surface area contributed by atoms with Crippen molar-refractivity contribution in [3.63, 3.8) is 0 Å². The van der Waals surface area contributed by atoms with Crippen LogP contribution in [0, 0.1) is 20.8 Å².